The van der Waals surface area contributed by atoms with E-state index in [9.17, 15) is 13.2 Å². The van der Waals surface area contributed by atoms with Crippen LogP contribution in [-0.4, -0.2) is 31.0 Å². The largest absolute Gasteiger partial charge is 0.490 e. The second-order valence-electron chi connectivity index (χ2n) is 4.11. The van der Waals surface area contributed by atoms with Crippen LogP contribution in [0.25, 0.3) is 0 Å². The van der Waals surface area contributed by atoms with Gasteiger partial charge in [-0.15, -0.1) is 0 Å². The van der Waals surface area contributed by atoms with E-state index in [0.29, 0.717) is 17.9 Å². The van der Waals surface area contributed by atoms with Crippen molar-refractivity contribution in [3.63, 3.8) is 0 Å². The van der Waals surface area contributed by atoms with Gasteiger partial charge >= 0.3 is 6.18 Å². The monoisotopic (exact) mass is 341 g/mol. The number of ether oxygens (including phenoxy) is 1. The number of hydrogen-bond acceptors (Lipinski definition) is 3. The van der Waals surface area contributed by atoms with E-state index in [1.54, 1.807) is 26.1 Å². The van der Waals surface area contributed by atoms with E-state index in [4.69, 9.17) is 9.84 Å². The standard InChI is InChI=1S/C12H15BrF3NO2/c1-7-3-9(13)4-8(5-17-2)11(7)19-6-10(18)12(14,15)16/h3-4,10,17-18H,5-6H2,1-2H3. The molecule has 2 N–H and O–H groups in total. The minimum absolute atomic E-state index is 0.362. The Kier molecular flexibility index (Phi) is 5.64. The normalized spacial score (nSPS) is 13.4. The first-order chi connectivity index (χ1) is 8.75. The van der Waals surface area contributed by atoms with Gasteiger partial charge in [-0.25, -0.2) is 0 Å². The summed E-state index contributed by atoms with van der Waals surface area (Å²) in [5, 5.41) is 11.8. The molecule has 19 heavy (non-hydrogen) atoms. The second kappa shape index (κ2) is 6.58. The Morgan fingerprint density at radius 3 is 2.58 bits per heavy atom. The molecule has 1 aromatic carbocycles. The van der Waals surface area contributed by atoms with Crippen LogP contribution in [0, 0.1) is 6.92 Å². The molecule has 1 unspecified atom stereocenters. The number of aryl methyl sites for hydroxylation is 1. The zero-order chi connectivity index (χ0) is 14.6. The molecule has 0 heterocycles. The molecular formula is C12H15BrF3NO2. The number of aliphatic hydroxyl groups is 1. The van der Waals surface area contributed by atoms with Crippen LogP contribution < -0.4 is 10.1 Å². The van der Waals surface area contributed by atoms with Gasteiger partial charge in [0.1, 0.15) is 12.4 Å². The Bertz CT molecular complexity index is 438. The zero-order valence-electron chi connectivity index (χ0n) is 10.5. The molecule has 0 aromatic heterocycles. The lowest BCUT2D eigenvalue weighted by atomic mass is 10.1. The van der Waals surface area contributed by atoms with Crippen molar-refractivity contribution >= 4 is 15.9 Å². The second-order valence-corrected chi connectivity index (χ2v) is 5.03. The Morgan fingerprint density at radius 2 is 2.05 bits per heavy atom. The summed E-state index contributed by atoms with van der Waals surface area (Å²) < 4.78 is 42.6. The molecule has 0 saturated heterocycles. The third-order valence-electron chi connectivity index (χ3n) is 2.45. The Labute approximate surface area is 117 Å². The molecule has 0 aliphatic carbocycles. The molecule has 0 radical (unpaired) electrons. The number of hydrogen-bond donors (Lipinski definition) is 2. The van der Waals surface area contributed by atoms with E-state index >= 15 is 0 Å². The van der Waals surface area contributed by atoms with E-state index in [1.165, 1.54) is 0 Å². The van der Waals surface area contributed by atoms with Gasteiger partial charge in [-0.3, -0.25) is 0 Å². The minimum atomic E-state index is -4.67. The van der Waals surface area contributed by atoms with Crippen molar-refractivity contribution in [1.82, 2.24) is 5.32 Å². The molecule has 0 bridgehead atoms. The summed E-state index contributed by atoms with van der Waals surface area (Å²) in [6, 6.07) is 3.51. The van der Waals surface area contributed by atoms with Crippen molar-refractivity contribution in [2.24, 2.45) is 0 Å². The van der Waals surface area contributed by atoms with Crippen molar-refractivity contribution in [2.45, 2.75) is 25.7 Å². The number of benzene rings is 1. The fraction of sp³-hybridized carbons (Fsp3) is 0.500. The van der Waals surface area contributed by atoms with Crippen molar-refractivity contribution < 1.29 is 23.0 Å². The minimum Gasteiger partial charge on any atom is -0.490 e. The number of halogens is 4. The van der Waals surface area contributed by atoms with Crippen LogP contribution >= 0.6 is 15.9 Å². The van der Waals surface area contributed by atoms with Gasteiger partial charge in [-0.2, -0.15) is 13.2 Å². The summed E-state index contributed by atoms with van der Waals surface area (Å²) >= 11 is 3.32. The van der Waals surface area contributed by atoms with Gasteiger partial charge < -0.3 is 15.2 Å². The molecule has 0 saturated carbocycles. The van der Waals surface area contributed by atoms with E-state index in [1.807, 2.05) is 0 Å². The first-order valence-electron chi connectivity index (χ1n) is 5.57. The van der Waals surface area contributed by atoms with Crippen LogP contribution in [0.2, 0.25) is 0 Å². The maximum atomic E-state index is 12.2. The van der Waals surface area contributed by atoms with Crippen LogP contribution in [0.1, 0.15) is 11.1 Å². The molecule has 0 amide bonds. The maximum Gasteiger partial charge on any atom is 0.417 e. The van der Waals surface area contributed by atoms with Crippen LogP contribution in [0.3, 0.4) is 0 Å². The molecule has 108 valence electrons. The van der Waals surface area contributed by atoms with Gasteiger partial charge in [0, 0.05) is 16.6 Å². The molecule has 0 aliphatic rings. The van der Waals surface area contributed by atoms with E-state index in [-0.39, 0.29) is 0 Å². The number of alkyl halides is 3. The first kappa shape index (κ1) is 16.3. The first-order valence-corrected chi connectivity index (χ1v) is 6.36. The number of rotatable bonds is 5. The topological polar surface area (TPSA) is 41.5 Å². The van der Waals surface area contributed by atoms with Crippen LogP contribution in [0.15, 0.2) is 16.6 Å². The Morgan fingerprint density at radius 1 is 1.42 bits per heavy atom. The predicted octanol–water partition coefficient (Wildman–Crippen LogP) is 2.78. The van der Waals surface area contributed by atoms with Gasteiger partial charge in [0.15, 0.2) is 6.10 Å². The lowest BCUT2D eigenvalue weighted by Gasteiger charge is -2.19. The predicted molar refractivity (Wildman–Crippen MR) is 69.2 cm³/mol. The molecule has 7 heteroatoms. The third kappa shape index (κ3) is 4.67. The van der Waals surface area contributed by atoms with Crippen LogP contribution in [0.5, 0.6) is 5.75 Å². The summed E-state index contributed by atoms with van der Waals surface area (Å²) in [5.41, 5.74) is 1.43. The molecule has 3 nitrogen and oxygen atoms in total. The van der Waals surface area contributed by atoms with Crippen molar-refractivity contribution in [3.8, 4) is 5.75 Å². The van der Waals surface area contributed by atoms with E-state index in [2.05, 4.69) is 21.2 Å². The van der Waals surface area contributed by atoms with Crippen LogP contribution in [0.4, 0.5) is 13.2 Å². The van der Waals surface area contributed by atoms with Gasteiger partial charge in [-0.05, 0) is 31.7 Å². The fourth-order valence-corrected chi connectivity index (χ4v) is 2.20. The zero-order valence-corrected chi connectivity index (χ0v) is 12.1. The fourth-order valence-electron chi connectivity index (χ4n) is 1.58. The molecule has 0 aliphatic heterocycles. The van der Waals surface area contributed by atoms with Gasteiger partial charge in [0.25, 0.3) is 0 Å². The highest BCUT2D eigenvalue weighted by Gasteiger charge is 2.38. The maximum absolute atomic E-state index is 12.2. The number of aliphatic hydroxyl groups excluding tert-OH is 1. The average molecular weight is 342 g/mol. The molecule has 0 fully saturated rings. The highest BCUT2D eigenvalue weighted by Crippen LogP contribution is 2.29. The molecule has 1 atom stereocenters. The van der Waals surface area contributed by atoms with Gasteiger partial charge in [0.2, 0.25) is 0 Å². The van der Waals surface area contributed by atoms with Crippen molar-refractivity contribution in [3.05, 3.63) is 27.7 Å². The van der Waals surface area contributed by atoms with E-state index in [0.717, 1.165) is 10.0 Å². The third-order valence-corrected chi connectivity index (χ3v) is 2.90. The highest BCUT2D eigenvalue weighted by atomic mass is 79.9. The summed E-state index contributed by atoms with van der Waals surface area (Å²) in [6.45, 7) is 1.37. The summed E-state index contributed by atoms with van der Waals surface area (Å²) in [6.07, 6.45) is -7.16. The van der Waals surface area contributed by atoms with Gasteiger partial charge in [0.05, 0.1) is 0 Å². The Balaban J connectivity index is 2.88. The highest BCUT2D eigenvalue weighted by molar-refractivity contribution is 9.10. The van der Waals surface area contributed by atoms with Crippen molar-refractivity contribution in [2.75, 3.05) is 13.7 Å². The number of nitrogens with one attached hydrogen (secondary N) is 1. The van der Waals surface area contributed by atoms with Crippen molar-refractivity contribution in [1.29, 1.82) is 0 Å². The van der Waals surface area contributed by atoms with Crippen LogP contribution in [-0.2, 0) is 6.54 Å². The summed E-state index contributed by atoms with van der Waals surface area (Å²) in [5.74, 6) is 0.362. The lowest BCUT2D eigenvalue weighted by molar-refractivity contribution is -0.210. The molecule has 0 spiro atoms. The molecule has 1 rings (SSSR count). The molecule has 1 aromatic rings. The Hall–Kier alpha value is -0.790. The smallest absolute Gasteiger partial charge is 0.417 e. The summed E-state index contributed by atoms with van der Waals surface area (Å²) in [7, 11) is 1.73. The summed E-state index contributed by atoms with van der Waals surface area (Å²) in [4.78, 5) is 0. The average Bonchev–Trinajstić information content (AvgIpc) is 2.26. The van der Waals surface area contributed by atoms with E-state index < -0.39 is 18.9 Å². The lowest BCUT2D eigenvalue weighted by Crippen LogP contribution is -2.34. The SMILES string of the molecule is CNCc1cc(Br)cc(C)c1OCC(O)C(F)(F)F. The van der Waals surface area contributed by atoms with Gasteiger partial charge in [-0.1, -0.05) is 15.9 Å². The molecular weight excluding hydrogens is 327 g/mol. The quantitative estimate of drug-likeness (QED) is 0.865.